The van der Waals surface area contributed by atoms with Crippen molar-refractivity contribution in [1.82, 2.24) is 0 Å². The van der Waals surface area contributed by atoms with E-state index in [-0.39, 0.29) is 24.0 Å². The molecule has 0 aliphatic carbocycles. The lowest BCUT2D eigenvalue weighted by Crippen LogP contribution is -3.00. The predicted molar refractivity (Wildman–Crippen MR) is 87.2 cm³/mol. The van der Waals surface area contributed by atoms with Gasteiger partial charge in [-0.05, 0) is 41.6 Å². The summed E-state index contributed by atoms with van der Waals surface area (Å²) >= 11 is 3.71. The minimum absolute atomic E-state index is 0. The van der Waals surface area contributed by atoms with Crippen molar-refractivity contribution in [2.45, 2.75) is 78.1 Å². The van der Waals surface area contributed by atoms with Gasteiger partial charge in [-0.1, -0.05) is 52.4 Å². The molecule has 0 unspecified atom stereocenters. The van der Waals surface area contributed by atoms with E-state index in [1.807, 2.05) is 0 Å². The Labute approximate surface area is 147 Å². The van der Waals surface area contributed by atoms with Crippen molar-refractivity contribution in [3.8, 4) is 0 Å². The van der Waals surface area contributed by atoms with Crippen molar-refractivity contribution < 1.29 is 28.5 Å². The fraction of sp³-hybridized carbons (Fsp3) is 1.00. The van der Waals surface area contributed by atoms with Gasteiger partial charge < -0.3 is 28.5 Å². The lowest BCUT2D eigenvalue weighted by atomic mass is 10.1. The highest BCUT2D eigenvalue weighted by molar-refractivity contribution is 9.09. The van der Waals surface area contributed by atoms with Gasteiger partial charge in [0.05, 0.1) is 20.1 Å². The molecule has 0 aromatic carbocycles. The number of hydrogen-bond acceptors (Lipinski definition) is 0. The summed E-state index contributed by atoms with van der Waals surface area (Å²) in [6.45, 7) is 7.27. The second-order valence-electron chi connectivity index (χ2n) is 6.01. The van der Waals surface area contributed by atoms with Crippen LogP contribution < -0.4 is 24.0 Å². The molecule has 1 nitrogen and oxygen atoms in total. The van der Waals surface area contributed by atoms with Crippen LogP contribution in [0.5, 0.6) is 0 Å². The molecule has 0 saturated carbocycles. The third kappa shape index (κ3) is 13.9. The molecule has 19 heavy (non-hydrogen) atoms. The molecule has 0 aromatic heterocycles. The van der Waals surface area contributed by atoms with Crippen LogP contribution in [0.25, 0.3) is 0 Å². The largest absolute Gasteiger partial charge is 1.00 e. The van der Waals surface area contributed by atoms with Crippen molar-refractivity contribution >= 4 is 15.9 Å². The van der Waals surface area contributed by atoms with Crippen molar-refractivity contribution in [3.63, 3.8) is 0 Å². The molecule has 0 aromatic rings. The summed E-state index contributed by atoms with van der Waals surface area (Å²) in [5.41, 5.74) is 1.12. The van der Waals surface area contributed by atoms with Crippen LogP contribution in [0.2, 0.25) is 0 Å². The van der Waals surface area contributed by atoms with Gasteiger partial charge in [0.1, 0.15) is 5.45 Å². The normalized spacial score (nSPS) is 11.4. The topological polar surface area (TPSA) is 0 Å². The highest BCUT2D eigenvalue weighted by Gasteiger charge is 2.18. The average Bonchev–Trinajstić information content (AvgIpc) is 2.38. The summed E-state index contributed by atoms with van der Waals surface area (Å²) < 4.78 is 1.22. The van der Waals surface area contributed by atoms with Gasteiger partial charge in [-0.15, -0.1) is 0 Å². The molecule has 0 rings (SSSR count). The molecule has 0 radical (unpaired) electrons. The first-order valence-electron chi connectivity index (χ1n) is 8.08. The number of halogens is 2. The molecule has 0 heterocycles. The lowest BCUT2D eigenvalue weighted by molar-refractivity contribution is -0.896. The summed E-state index contributed by atoms with van der Waals surface area (Å²) in [4.78, 5) is 0. The first kappa shape index (κ1) is 22.5. The second-order valence-corrected chi connectivity index (χ2v) is 6.52. The molecule has 0 aliphatic rings. The van der Waals surface area contributed by atoms with Gasteiger partial charge in [-0.3, -0.25) is 0 Å². The molecule has 3 heteroatoms. The zero-order chi connectivity index (χ0) is 13.7. The fourth-order valence-corrected chi connectivity index (χ4v) is 2.93. The third-order valence-corrected chi connectivity index (χ3v) is 5.10. The van der Waals surface area contributed by atoms with Crippen molar-refractivity contribution in [3.05, 3.63) is 0 Å². The van der Waals surface area contributed by atoms with Crippen LogP contribution in [0.15, 0.2) is 0 Å². The average molecular weight is 448 g/mol. The Bertz CT molecular complexity index is 162. The minimum atomic E-state index is 0. The number of alkyl halides is 1. The molecule has 0 aliphatic heterocycles. The summed E-state index contributed by atoms with van der Waals surface area (Å²) in [6, 6.07) is 0. The quantitative estimate of drug-likeness (QED) is 0.134. The van der Waals surface area contributed by atoms with Gasteiger partial charge in [-0.25, -0.2) is 0 Å². The van der Waals surface area contributed by atoms with Crippen LogP contribution in [-0.2, 0) is 0 Å². The van der Waals surface area contributed by atoms with E-state index in [1.165, 1.54) is 81.8 Å². The molecule has 0 bridgehead atoms. The molecule has 0 fully saturated rings. The van der Waals surface area contributed by atoms with Crippen LogP contribution in [0.3, 0.4) is 0 Å². The van der Waals surface area contributed by atoms with E-state index in [0.717, 1.165) is 5.45 Å². The molecule has 0 atom stereocenters. The molecule has 0 amide bonds. The Balaban J connectivity index is 0. The monoisotopic (exact) mass is 447 g/mol. The maximum Gasteiger partial charge on any atom is 0.134 e. The Morgan fingerprint density at radius 1 is 0.684 bits per heavy atom. The van der Waals surface area contributed by atoms with Crippen LogP contribution in [0, 0.1) is 0 Å². The number of nitrogens with zero attached hydrogens (tertiary/aromatic N) is 1. The lowest BCUT2D eigenvalue weighted by Gasteiger charge is -2.32. The van der Waals surface area contributed by atoms with E-state index in [4.69, 9.17) is 0 Å². The molecule has 0 N–H and O–H groups in total. The van der Waals surface area contributed by atoms with Gasteiger partial charge in [0.15, 0.2) is 0 Å². The third-order valence-electron chi connectivity index (χ3n) is 3.89. The van der Waals surface area contributed by atoms with Crippen LogP contribution in [0.1, 0.15) is 78.1 Å². The smallest absolute Gasteiger partial charge is 0.134 e. The first-order chi connectivity index (χ1) is 8.68. The van der Waals surface area contributed by atoms with E-state index in [9.17, 15) is 0 Å². The molecular formula is C16H35BrIN. The SMILES string of the molecule is CCCCCCC[N+](C)(CBr)CCCCCCC.[I-]. The maximum absolute atomic E-state index is 3.71. The van der Waals surface area contributed by atoms with E-state index in [2.05, 4.69) is 36.8 Å². The first-order valence-corrected chi connectivity index (χ1v) is 9.20. The van der Waals surface area contributed by atoms with Crippen LogP contribution in [0.4, 0.5) is 0 Å². The number of quaternary nitrogens is 1. The Morgan fingerprint density at radius 2 is 1.05 bits per heavy atom. The summed E-state index contributed by atoms with van der Waals surface area (Å²) in [6.07, 6.45) is 14.0. The number of hydrogen-bond donors (Lipinski definition) is 0. The van der Waals surface area contributed by atoms with Gasteiger partial charge in [0.25, 0.3) is 0 Å². The van der Waals surface area contributed by atoms with Gasteiger partial charge in [-0.2, -0.15) is 0 Å². The molecular weight excluding hydrogens is 413 g/mol. The van der Waals surface area contributed by atoms with Gasteiger partial charge in [0, 0.05) is 0 Å². The molecule has 0 spiro atoms. The van der Waals surface area contributed by atoms with Crippen molar-refractivity contribution in [2.75, 3.05) is 25.6 Å². The van der Waals surface area contributed by atoms with E-state index in [0.29, 0.717) is 0 Å². The summed E-state index contributed by atoms with van der Waals surface area (Å²) in [5, 5.41) is 0. The maximum atomic E-state index is 3.71. The van der Waals surface area contributed by atoms with E-state index >= 15 is 0 Å². The fourth-order valence-electron chi connectivity index (χ4n) is 2.43. The van der Waals surface area contributed by atoms with Gasteiger partial charge >= 0.3 is 0 Å². The Morgan fingerprint density at radius 3 is 1.37 bits per heavy atom. The highest BCUT2D eigenvalue weighted by atomic mass is 127. The van der Waals surface area contributed by atoms with Crippen LogP contribution >= 0.6 is 15.9 Å². The summed E-state index contributed by atoms with van der Waals surface area (Å²) in [7, 11) is 2.41. The standard InChI is InChI=1S/C16H35BrN.HI/c1-4-6-8-10-12-14-18(3,16-17)15-13-11-9-7-5-2;/h4-16H2,1-3H3;1H/q+1;/p-1. The number of rotatable bonds is 13. The van der Waals surface area contributed by atoms with E-state index < -0.39 is 0 Å². The number of unbranched alkanes of at least 4 members (excludes halogenated alkanes) is 8. The zero-order valence-electron chi connectivity index (χ0n) is 13.4. The second kappa shape index (κ2) is 15.6. The Hall–Kier alpha value is 1.17. The zero-order valence-corrected chi connectivity index (χ0v) is 17.1. The molecule has 0 saturated heterocycles. The summed E-state index contributed by atoms with van der Waals surface area (Å²) in [5.74, 6) is 0. The van der Waals surface area contributed by atoms with Crippen molar-refractivity contribution in [1.29, 1.82) is 0 Å². The van der Waals surface area contributed by atoms with Gasteiger partial charge in [0.2, 0.25) is 0 Å². The van der Waals surface area contributed by atoms with Crippen molar-refractivity contribution in [2.24, 2.45) is 0 Å². The Kier molecular flexibility index (Phi) is 18.4. The van der Waals surface area contributed by atoms with E-state index in [1.54, 1.807) is 0 Å². The van der Waals surface area contributed by atoms with Crippen LogP contribution in [-0.4, -0.2) is 30.1 Å². The minimum Gasteiger partial charge on any atom is -1.00 e. The molecule has 118 valence electrons. The predicted octanol–water partition coefficient (Wildman–Crippen LogP) is 2.73. The highest BCUT2D eigenvalue weighted by Crippen LogP contribution is 2.14.